The minimum absolute atomic E-state index is 0.0209. The zero-order chi connectivity index (χ0) is 51.8. The van der Waals surface area contributed by atoms with Crippen LogP contribution in [0.15, 0.2) is 81.7 Å². The number of nitrogens with zero attached hydrogens (tertiary/aromatic N) is 4. The molecule has 4 aromatic heterocycles. The largest absolute Gasteiger partial charge is 0.481 e. The summed E-state index contributed by atoms with van der Waals surface area (Å²) < 4.78 is 87.7. The Balaban J connectivity index is 0.000000252. The molecular weight excluding hydrogens is 979 g/mol. The number of sulfonamides is 2. The number of carbonyl (C=O) groups excluding carboxylic acids is 1. The Hall–Kier alpha value is -5.82. The number of aliphatic hydroxyl groups is 2. The van der Waals surface area contributed by atoms with Crippen molar-refractivity contribution in [1.29, 1.82) is 0 Å². The van der Waals surface area contributed by atoms with E-state index in [1.807, 2.05) is 27.7 Å². The second-order valence-electron chi connectivity index (χ2n) is 16.9. The van der Waals surface area contributed by atoms with Crippen LogP contribution in [0, 0.1) is 11.6 Å². The predicted octanol–water partition coefficient (Wildman–Crippen LogP) is 7.42. The van der Waals surface area contributed by atoms with Gasteiger partial charge in [0.1, 0.15) is 32.9 Å². The van der Waals surface area contributed by atoms with E-state index in [-0.39, 0.29) is 43.9 Å². The number of nitrogens with one attached hydrogen (secondary N) is 1. The van der Waals surface area contributed by atoms with E-state index >= 15 is 0 Å². The molecule has 0 aliphatic rings. The molecule has 0 saturated heterocycles. The molecule has 0 spiro atoms. The average molecular weight is 1030 g/mol. The number of carboxylic acids is 1. The fourth-order valence-electron chi connectivity index (χ4n) is 6.52. The van der Waals surface area contributed by atoms with Crippen molar-refractivity contribution in [3.63, 3.8) is 0 Å². The van der Waals surface area contributed by atoms with E-state index in [9.17, 15) is 50.5 Å². The normalized spacial score (nSPS) is 11.9. The number of nitrogens with two attached hydrogens (primary N) is 1. The number of aliphatic carboxylic acids is 1. The van der Waals surface area contributed by atoms with Crippen LogP contribution < -0.4 is 19.3 Å². The summed E-state index contributed by atoms with van der Waals surface area (Å²) >= 11 is 1.65. The Morgan fingerprint density at radius 1 is 0.696 bits per heavy atom. The molecule has 1 amide bonds. The van der Waals surface area contributed by atoms with Gasteiger partial charge in [-0.3, -0.25) is 9.59 Å². The van der Waals surface area contributed by atoms with Crippen LogP contribution in [0.1, 0.15) is 99.5 Å². The summed E-state index contributed by atoms with van der Waals surface area (Å²) in [6, 6.07) is 12.1. The highest BCUT2D eigenvalue weighted by molar-refractivity contribution is 7.92. The molecule has 6 N–H and O–H groups in total. The summed E-state index contributed by atoms with van der Waals surface area (Å²) in [6.45, 7) is 13.6. The van der Waals surface area contributed by atoms with Crippen LogP contribution in [-0.2, 0) is 53.7 Å². The first-order chi connectivity index (χ1) is 31.9. The van der Waals surface area contributed by atoms with Crippen molar-refractivity contribution in [2.24, 2.45) is 5.14 Å². The molecule has 69 heavy (non-hydrogen) atoms. The van der Waals surface area contributed by atoms with Gasteiger partial charge >= 0.3 is 5.97 Å². The van der Waals surface area contributed by atoms with Gasteiger partial charge in [0, 0.05) is 24.5 Å². The van der Waals surface area contributed by atoms with E-state index in [0.29, 0.717) is 61.3 Å². The maximum atomic E-state index is 14.5. The Labute approximate surface area is 407 Å². The number of hydrogen-bond acceptors (Lipinski definition) is 16. The number of rotatable bonds is 15. The molecule has 2 aromatic carbocycles. The molecule has 372 valence electrons. The van der Waals surface area contributed by atoms with Crippen LogP contribution in [-0.4, -0.2) is 78.2 Å². The molecule has 6 rings (SSSR count). The van der Waals surface area contributed by atoms with E-state index in [4.69, 9.17) is 14.6 Å². The van der Waals surface area contributed by atoms with Gasteiger partial charge in [-0.1, -0.05) is 27.7 Å². The van der Waals surface area contributed by atoms with E-state index in [2.05, 4.69) is 24.7 Å². The number of benzene rings is 2. The van der Waals surface area contributed by atoms with Crippen LogP contribution in [0.2, 0.25) is 0 Å². The van der Waals surface area contributed by atoms with Gasteiger partial charge in [0.05, 0.1) is 39.5 Å². The molecular formula is C46H54F2N6O11S4. The van der Waals surface area contributed by atoms with Gasteiger partial charge < -0.3 is 24.8 Å². The first kappa shape index (κ1) is 55.8. The van der Waals surface area contributed by atoms with E-state index in [1.165, 1.54) is 72.4 Å². The lowest BCUT2D eigenvalue weighted by atomic mass is 9.88. The third kappa shape index (κ3) is 15.3. The van der Waals surface area contributed by atoms with Crippen molar-refractivity contribution in [1.82, 2.24) is 24.7 Å². The SMILES string of the molecule is CC(C)(O)c1ncc(S(N)(=O)=O)s1.COc1cc(-c2cc(F)cc(C(C)C)c2CC(=O)NS(=O)(=O)c2cnc(C(C)(C)O)s2)ccn1.COc1cc(-c2cc(F)cc(C(C)C)c2CC(=O)O)ccn1. The molecule has 23 heteroatoms. The van der Waals surface area contributed by atoms with Gasteiger partial charge in [-0.15, -0.1) is 22.7 Å². The zero-order valence-electron chi connectivity index (χ0n) is 39.4. The molecule has 0 bridgehead atoms. The second kappa shape index (κ2) is 22.7. The molecule has 0 saturated carbocycles. The molecule has 4 heterocycles. The number of amides is 1. The number of carboxylic acid groups (broad SMARTS) is 1. The van der Waals surface area contributed by atoms with Gasteiger partial charge in [0.25, 0.3) is 10.0 Å². The van der Waals surface area contributed by atoms with Gasteiger partial charge in [0.15, 0.2) is 8.42 Å². The first-order valence-electron chi connectivity index (χ1n) is 20.8. The topological polar surface area (TPSA) is 271 Å². The summed E-state index contributed by atoms with van der Waals surface area (Å²) in [5.41, 5.74) is 2.23. The third-order valence-corrected chi connectivity index (χ3v) is 15.6. The highest BCUT2D eigenvalue weighted by atomic mass is 32.3. The Kier molecular flexibility index (Phi) is 18.4. The van der Waals surface area contributed by atoms with Crippen molar-refractivity contribution in [3.05, 3.63) is 117 Å². The smallest absolute Gasteiger partial charge is 0.307 e. The molecule has 0 aliphatic heterocycles. The maximum Gasteiger partial charge on any atom is 0.307 e. The van der Waals surface area contributed by atoms with Gasteiger partial charge in [0.2, 0.25) is 27.7 Å². The summed E-state index contributed by atoms with van der Waals surface area (Å²) in [6.07, 6.45) is 4.84. The number of thiazole rings is 2. The molecule has 0 atom stereocenters. The lowest BCUT2D eigenvalue weighted by molar-refractivity contribution is -0.136. The fourth-order valence-corrected chi connectivity index (χ4v) is 10.2. The van der Waals surface area contributed by atoms with Gasteiger partial charge in [-0.05, 0) is 120 Å². The van der Waals surface area contributed by atoms with E-state index < -0.39 is 48.9 Å². The minimum Gasteiger partial charge on any atom is -0.481 e. The maximum absolute atomic E-state index is 14.5. The Morgan fingerprint density at radius 2 is 1.10 bits per heavy atom. The number of methoxy groups -OCH3 is 2. The summed E-state index contributed by atoms with van der Waals surface area (Å²) in [4.78, 5) is 39.9. The number of primary sulfonamides is 1. The number of pyridine rings is 2. The van der Waals surface area contributed by atoms with Crippen molar-refractivity contribution in [2.75, 3.05) is 14.2 Å². The van der Waals surface area contributed by atoms with Crippen molar-refractivity contribution in [3.8, 4) is 34.0 Å². The first-order valence-corrected chi connectivity index (χ1v) is 25.4. The average Bonchev–Trinajstić information content (AvgIpc) is 3.98. The molecule has 0 fully saturated rings. The standard InChI is InChI=1S/C23H26FN3O5S2.C17H18FNO3.C6H10N2O3S2/c1-13(2)16-9-15(24)10-17(14-6-7-25-20(8-14)32-5)18(16)11-19(28)27-34(30,31)21-12-26-22(33-21)23(3,4)29;1-10(2)13-7-12(18)8-14(15(13)9-17(20)21)11-4-5-19-16(6-11)22-3;1-6(2,9)5-8-3-4(12-5)13(7,10)11/h6-10,12-13,29H,11H2,1-5H3,(H,27,28);4-8,10H,9H2,1-3H3,(H,20,21);3,9H,1-2H3,(H2,7,10,11). The van der Waals surface area contributed by atoms with Gasteiger partial charge in [-0.2, -0.15) is 0 Å². The van der Waals surface area contributed by atoms with Crippen LogP contribution in [0.25, 0.3) is 22.3 Å². The van der Waals surface area contributed by atoms with Gasteiger partial charge in [-0.25, -0.2) is 55.4 Å². The Bertz CT molecular complexity index is 3020. The summed E-state index contributed by atoms with van der Waals surface area (Å²) in [5, 5.41) is 34.1. The summed E-state index contributed by atoms with van der Waals surface area (Å²) in [5.74, 6) is -1.99. The van der Waals surface area contributed by atoms with Crippen molar-refractivity contribution in [2.45, 2.75) is 99.7 Å². The number of carbonyl (C=O) groups is 2. The zero-order valence-corrected chi connectivity index (χ0v) is 42.6. The quantitative estimate of drug-likeness (QED) is 0.0670. The van der Waals surface area contributed by atoms with Crippen molar-refractivity contribution >= 4 is 54.6 Å². The second-order valence-corrected chi connectivity index (χ2v) is 22.7. The Morgan fingerprint density at radius 3 is 1.45 bits per heavy atom. The van der Waals surface area contributed by atoms with Crippen LogP contribution >= 0.6 is 22.7 Å². The van der Waals surface area contributed by atoms with Crippen LogP contribution in [0.3, 0.4) is 0 Å². The lowest BCUT2D eigenvalue weighted by Gasteiger charge is -2.18. The predicted molar refractivity (Wildman–Crippen MR) is 257 cm³/mol. The van der Waals surface area contributed by atoms with E-state index in [0.717, 1.165) is 35.1 Å². The highest BCUT2D eigenvalue weighted by Crippen LogP contribution is 2.35. The molecule has 6 aromatic rings. The highest BCUT2D eigenvalue weighted by Gasteiger charge is 2.28. The van der Waals surface area contributed by atoms with E-state index in [1.54, 1.807) is 30.5 Å². The number of hydrogen-bond donors (Lipinski definition) is 5. The molecule has 0 unspecified atom stereocenters. The summed E-state index contributed by atoms with van der Waals surface area (Å²) in [7, 11) is -4.95. The molecule has 17 nitrogen and oxygen atoms in total. The third-order valence-electron chi connectivity index (χ3n) is 9.73. The fraction of sp³-hybridized carbons (Fsp3) is 0.348. The van der Waals surface area contributed by atoms with Crippen LogP contribution in [0.5, 0.6) is 11.8 Å². The van der Waals surface area contributed by atoms with Crippen molar-refractivity contribution < 1.29 is 60.0 Å². The number of aromatic nitrogens is 4. The van der Waals surface area contributed by atoms with Crippen LogP contribution in [0.4, 0.5) is 8.78 Å². The molecule has 0 aliphatic carbocycles. The lowest BCUT2D eigenvalue weighted by Crippen LogP contribution is -2.31. The number of halogens is 2. The molecule has 0 radical (unpaired) electrons. The number of ether oxygens (including phenoxy) is 2. The minimum atomic E-state index is -4.21. The monoisotopic (exact) mass is 1030 g/mol.